The molecule has 0 aromatic heterocycles. The molecule has 24 heavy (non-hydrogen) atoms. The van der Waals surface area contributed by atoms with Gasteiger partial charge in [-0.05, 0) is 25.0 Å². The number of anilines is 1. The molecular weight excluding hydrogens is 351 g/mol. The number of nitrogens with two attached hydrogens (primary N) is 1. The Labute approximate surface area is 154 Å². The summed E-state index contributed by atoms with van der Waals surface area (Å²) in [5, 5.41) is 2.88. The van der Waals surface area contributed by atoms with Gasteiger partial charge in [0.05, 0.1) is 12.1 Å². The highest BCUT2D eigenvalue weighted by molar-refractivity contribution is 5.92. The van der Waals surface area contributed by atoms with Gasteiger partial charge in [0.1, 0.15) is 0 Å². The average molecular weight is 375 g/mol. The third-order valence-electron chi connectivity index (χ3n) is 4.30. The van der Waals surface area contributed by atoms with Crippen molar-refractivity contribution in [2.45, 2.75) is 18.4 Å². The van der Waals surface area contributed by atoms with Crippen molar-refractivity contribution in [1.29, 1.82) is 0 Å². The summed E-state index contributed by atoms with van der Waals surface area (Å²) in [5.41, 5.74) is 6.17. The van der Waals surface area contributed by atoms with E-state index >= 15 is 0 Å². The van der Waals surface area contributed by atoms with E-state index in [1.165, 1.54) is 0 Å². The van der Waals surface area contributed by atoms with Crippen LogP contribution in [0.3, 0.4) is 0 Å². The molecule has 0 spiro atoms. The van der Waals surface area contributed by atoms with E-state index in [1.807, 2.05) is 35.2 Å². The van der Waals surface area contributed by atoms with E-state index in [4.69, 9.17) is 5.73 Å². The molecule has 3 N–H and O–H groups in total. The second-order valence-corrected chi connectivity index (χ2v) is 6.14. The van der Waals surface area contributed by atoms with Crippen molar-refractivity contribution in [2.24, 2.45) is 5.73 Å². The highest BCUT2D eigenvalue weighted by Gasteiger charge is 2.48. The molecule has 2 aliphatic rings. The van der Waals surface area contributed by atoms with Crippen LogP contribution in [0.4, 0.5) is 5.69 Å². The van der Waals surface area contributed by atoms with E-state index in [0.717, 1.165) is 18.5 Å². The van der Waals surface area contributed by atoms with Gasteiger partial charge in [0.2, 0.25) is 11.8 Å². The predicted molar refractivity (Wildman–Crippen MR) is 98.7 cm³/mol. The number of piperazine rings is 1. The molecule has 0 atom stereocenters. The van der Waals surface area contributed by atoms with Crippen LogP contribution in [-0.2, 0) is 9.59 Å². The van der Waals surface area contributed by atoms with Gasteiger partial charge in [-0.3, -0.25) is 14.5 Å². The maximum atomic E-state index is 12.2. The Hall–Kier alpha value is -1.34. The van der Waals surface area contributed by atoms with E-state index in [1.54, 1.807) is 0 Å². The fourth-order valence-electron chi connectivity index (χ4n) is 2.70. The van der Waals surface area contributed by atoms with Crippen molar-refractivity contribution in [3.63, 3.8) is 0 Å². The summed E-state index contributed by atoms with van der Waals surface area (Å²) < 4.78 is 0. The first-order valence-electron chi connectivity index (χ1n) is 7.72. The number of nitrogens with zero attached hydrogens (tertiary/aromatic N) is 2. The molecule has 0 radical (unpaired) electrons. The first-order valence-corrected chi connectivity index (χ1v) is 7.72. The van der Waals surface area contributed by atoms with E-state index < -0.39 is 5.54 Å². The van der Waals surface area contributed by atoms with Crippen molar-refractivity contribution < 1.29 is 9.59 Å². The third-order valence-corrected chi connectivity index (χ3v) is 4.30. The van der Waals surface area contributed by atoms with E-state index in [9.17, 15) is 9.59 Å². The van der Waals surface area contributed by atoms with E-state index in [-0.39, 0.29) is 36.6 Å². The summed E-state index contributed by atoms with van der Waals surface area (Å²) >= 11 is 0. The number of carbonyl (C=O) groups is 2. The molecule has 2 fully saturated rings. The van der Waals surface area contributed by atoms with Gasteiger partial charge in [0.25, 0.3) is 0 Å². The van der Waals surface area contributed by atoms with Crippen LogP contribution >= 0.6 is 24.8 Å². The third kappa shape index (κ3) is 5.08. The monoisotopic (exact) mass is 374 g/mol. The summed E-state index contributed by atoms with van der Waals surface area (Å²) in [6.07, 6.45) is 1.59. The van der Waals surface area contributed by atoms with Crippen molar-refractivity contribution in [1.82, 2.24) is 9.80 Å². The molecule has 1 saturated heterocycles. The van der Waals surface area contributed by atoms with Crippen LogP contribution in [0.1, 0.15) is 12.8 Å². The average Bonchev–Trinajstić information content (AvgIpc) is 3.27. The lowest BCUT2D eigenvalue weighted by Crippen LogP contribution is -2.55. The smallest absolute Gasteiger partial charge is 0.242 e. The predicted octanol–water partition coefficient (Wildman–Crippen LogP) is 1.10. The minimum absolute atomic E-state index is 0. The van der Waals surface area contributed by atoms with Crippen LogP contribution in [0.25, 0.3) is 0 Å². The number of amides is 2. The molecule has 6 nitrogen and oxygen atoms in total. The van der Waals surface area contributed by atoms with E-state index in [2.05, 4.69) is 10.2 Å². The Bertz CT molecular complexity index is 558. The number of hydrogen-bond donors (Lipinski definition) is 2. The molecule has 1 aromatic rings. The van der Waals surface area contributed by atoms with Crippen molar-refractivity contribution >= 4 is 42.3 Å². The highest BCUT2D eigenvalue weighted by atomic mass is 35.5. The Morgan fingerprint density at radius 2 is 1.62 bits per heavy atom. The summed E-state index contributed by atoms with van der Waals surface area (Å²) in [5.74, 6) is 0.0457. The number of para-hydroxylation sites is 1. The van der Waals surface area contributed by atoms with Crippen molar-refractivity contribution in [3.8, 4) is 0 Å². The fourth-order valence-corrected chi connectivity index (χ4v) is 2.70. The van der Waals surface area contributed by atoms with Gasteiger partial charge in [-0.25, -0.2) is 0 Å². The molecule has 3 rings (SSSR count). The quantitative estimate of drug-likeness (QED) is 0.826. The molecule has 0 unspecified atom stereocenters. The molecule has 1 aliphatic heterocycles. The second-order valence-electron chi connectivity index (χ2n) is 6.14. The second kappa shape index (κ2) is 8.67. The summed E-state index contributed by atoms with van der Waals surface area (Å²) in [4.78, 5) is 28.1. The van der Waals surface area contributed by atoms with Crippen LogP contribution in [0.5, 0.6) is 0 Å². The van der Waals surface area contributed by atoms with Crippen molar-refractivity contribution in [2.75, 3.05) is 38.0 Å². The summed E-state index contributed by atoms with van der Waals surface area (Å²) in [6, 6.07) is 9.42. The zero-order valence-electron chi connectivity index (χ0n) is 13.4. The van der Waals surface area contributed by atoms with Gasteiger partial charge in [0, 0.05) is 31.9 Å². The lowest BCUT2D eigenvalue weighted by molar-refractivity contribution is -0.135. The molecule has 0 bridgehead atoms. The Morgan fingerprint density at radius 3 is 2.17 bits per heavy atom. The van der Waals surface area contributed by atoms with E-state index in [0.29, 0.717) is 32.7 Å². The molecule has 1 saturated carbocycles. The van der Waals surface area contributed by atoms with Crippen molar-refractivity contribution in [3.05, 3.63) is 30.3 Å². The molecular formula is C16H24Cl2N4O2. The van der Waals surface area contributed by atoms with Gasteiger partial charge in [0.15, 0.2) is 0 Å². The van der Waals surface area contributed by atoms with Crippen LogP contribution < -0.4 is 11.1 Å². The molecule has 134 valence electrons. The summed E-state index contributed by atoms with van der Waals surface area (Å²) in [7, 11) is 0. The molecule has 8 heteroatoms. The Morgan fingerprint density at radius 1 is 1.04 bits per heavy atom. The van der Waals surface area contributed by atoms with Crippen LogP contribution in [0.15, 0.2) is 30.3 Å². The van der Waals surface area contributed by atoms with Gasteiger partial charge in [-0.2, -0.15) is 0 Å². The SMILES string of the molecule is Cl.Cl.NC1(C(=O)N2CCN(CC(=O)Nc3ccccc3)CC2)CC1. The number of hydrogen-bond acceptors (Lipinski definition) is 4. The van der Waals surface area contributed by atoms with Crippen LogP contribution in [-0.4, -0.2) is 59.9 Å². The normalized spacial score (nSPS) is 18.8. The fraction of sp³-hybridized carbons (Fsp3) is 0.500. The number of rotatable bonds is 4. The molecule has 2 amide bonds. The molecule has 1 aromatic carbocycles. The molecule has 1 heterocycles. The lowest BCUT2D eigenvalue weighted by Gasteiger charge is -2.35. The Kier molecular flexibility index (Phi) is 7.48. The van der Waals surface area contributed by atoms with Crippen LogP contribution in [0, 0.1) is 0 Å². The zero-order valence-corrected chi connectivity index (χ0v) is 15.1. The first kappa shape index (κ1) is 20.7. The first-order chi connectivity index (χ1) is 10.6. The standard InChI is InChI=1S/C16H22N4O2.2ClH/c17-16(6-7-16)15(22)20-10-8-19(9-11-20)12-14(21)18-13-4-2-1-3-5-13;;/h1-5H,6-12,17H2,(H,18,21);2*1H. The highest BCUT2D eigenvalue weighted by Crippen LogP contribution is 2.34. The van der Waals surface area contributed by atoms with Gasteiger partial charge >= 0.3 is 0 Å². The minimum atomic E-state index is -0.590. The number of halogens is 2. The lowest BCUT2D eigenvalue weighted by atomic mass is 10.2. The zero-order chi connectivity index (χ0) is 15.6. The Balaban J connectivity index is 0.00000144. The maximum absolute atomic E-state index is 12.2. The summed E-state index contributed by atoms with van der Waals surface area (Å²) in [6.45, 7) is 3.07. The maximum Gasteiger partial charge on any atom is 0.242 e. The van der Waals surface area contributed by atoms with Crippen LogP contribution in [0.2, 0.25) is 0 Å². The van der Waals surface area contributed by atoms with Gasteiger partial charge in [-0.15, -0.1) is 24.8 Å². The van der Waals surface area contributed by atoms with Gasteiger partial charge < -0.3 is 16.0 Å². The van der Waals surface area contributed by atoms with Gasteiger partial charge in [-0.1, -0.05) is 18.2 Å². The minimum Gasteiger partial charge on any atom is -0.339 e. The number of nitrogens with one attached hydrogen (secondary N) is 1. The number of carbonyl (C=O) groups excluding carboxylic acids is 2. The topological polar surface area (TPSA) is 78.7 Å². The molecule has 1 aliphatic carbocycles. The largest absolute Gasteiger partial charge is 0.339 e. The number of benzene rings is 1.